The first-order chi connectivity index (χ1) is 8.67. The minimum atomic E-state index is -4.61. The number of methoxy groups -OCH3 is 1. The maximum Gasteiger partial charge on any atom is 0.457 e. The summed E-state index contributed by atoms with van der Waals surface area (Å²) < 4.78 is 41.2. The van der Waals surface area contributed by atoms with Gasteiger partial charge in [0.2, 0.25) is 0 Å². The molecule has 5 heteroatoms. The topological polar surface area (TPSA) is 29.5 Å². The summed E-state index contributed by atoms with van der Waals surface area (Å²) in [4.78, 5) is 0. The van der Waals surface area contributed by atoms with E-state index in [2.05, 4.69) is 0 Å². The molecular formula is C14H15F3O2. The van der Waals surface area contributed by atoms with Gasteiger partial charge < -0.3 is 9.84 Å². The van der Waals surface area contributed by atoms with Crippen LogP contribution in [0.1, 0.15) is 28.4 Å². The smallest absolute Gasteiger partial charge is 0.457 e. The van der Waals surface area contributed by atoms with Crippen molar-refractivity contribution in [1.82, 2.24) is 0 Å². The van der Waals surface area contributed by atoms with Gasteiger partial charge in [-0.1, -0.05) is 5.92 Å². The van der Waals surface area contributed by atoms with Crippen LogP contribution < -0.4 is 4.74 Å². The van der Waals surface area contributed by atoms with Crippen LogP contribution in [0, 0.1) is 32.6 Å². The molecule has 0 saturated carbocycles. The number of alkyl halides is 3. The van der Waals surface area contributed by atoms with Gasteiger partial charge in [0.1, 0.15) is 11.9 Å². The Labute approximate surface area is 110 Å². The van der Waals surface area contributed by atoms with E-state index in [-0.39, 0.29) is 0 Å². The lowest BCUT2D eigenvalue weighted by Crippen LogP contribution is -2.07. The number of aryl methyl sites for hydroxylation is 1. The van der Waals surface area contributed by atoms with Crippen molar-refractivity contribution in [1.29, 1.82) is 0 Å². The third kappa shape index (κ3) is 3.65. The van der Waals surface area contributed by atoms with E-state index in [1.54, 1.807) is 26.8 Å². The molecule has 0 amide bonds. The van der Waals surface area contributed by atoms with Crippen LogP contribution in [0.15, 0.2) is 6.07 Å². The normalized spacial score (nSPS) is 12.6. The monoisotopic (exact) mass is 272 g/mol. The summed E-state index contributed by atoms with van der Waals surface area (Å²) in [5, 5.41) is 9.82. The summed E-state index contributed by atoms with van der Waals surface area (Å²) in [6.45, 7) is 5.20. The van der Waals surface area contributed by atoms with E-state index in [9.17, 15) is 18.3 Å². The van der Waals surface area contributed by atoms with E-state index in [1.165, 1.54) is 7.11 Å². The van der Waals surface area contributed by atoms with Gasteiger partial charge in [0, 0.05) is 5.92 Å². The number of hydrogen-bond donors (Lipinski definition) is 1. The maximum absolute atomic E-state index is 12.0. The Morgan fingerprint density at radius 3 is 2.26 bits per heavy atom. The van der Waals surface area contributed by atoms with E-state index in [0.29, 0.717) is 22.4 Å². The van der Waals surface area contributed by atoms with Crippen molar-refractivity contribution in [2.24, 2.45) is 0 Å². The van der Waals surface area contributed by atoms with Gasteiger partial charge in [0.05, 0.1) is 7.11 Å². The quantitative estimate of drug-likeness (QED) is 0.838. The molecule has 0 aliphatic carbocycles. The third-order valence-corrected chi connectivity index (χ3v) is 2.95. The molecule has 2 nitrogen and oxygen atoms in total. The Balaban J connectivity index is 3.27. The number of hydrogen-bond acceptors (Lipinski definition) is 2. The molecule has 0 fully saturated rings. The number of halogens is 3. The molecule has 1 aromatic rings. The van der Waals surface area contributed by atoms with Gasteiger partial charge in [0.25, 0.3) is 0 Å². The summed E-state index contributed by atoms with van der Waals surface area (Å²) in [5.41, 5.74) is 2.50. The average Bonchev–Trinajstić information content (AvgIpc) is 2.30. The Morgan fingerprint density at radius 1 is 1.21 bits per heavy atom. The van der Waals surface area contributed by atoms with Crippen LogP contribution in [0.4, 0.5) is 13.2 Å². The van der Waals surface area contributed by atoms with Crippen molar-refractivity contribution in [3.05, 3.63) is 28.3 Å². The van der Waals surface area contributed by atoms with E-state index >= 15 is 0 Å². The Bertz CT molecular complexity index is 536. The molecule has 0 radical (unpaired) electrons. The standard InChI is InChI=1S/C14H15F3O2/c1-8-7-12(19-4)9(2)10(3)13(8)11(18)5-6-14(15,16)17/h7,11,18H,1-4H3/t11-/m0/s1. The van der Waals surface area contributed by atoms with Gasteiger partial charge in [-0.25, -0.2) is 0 Å². The van der Waals surface area contributed by atoms with E-state index in [4.69, 9.17) is 4.74 Å². The zero-order chi connectivity index (χ0) is 14.8. The van der Waals surface area contributed by atoms with Gasteiger partial charge in [-0.3, -0.25) is 0 Å². The SMILES string of the molecule is COc1cc(C)c([C@@H](O)C#CC(F)(F)F)c(C)c1C. The highest BCUT2D eigenvalue weighted by Gasteiger charge is 2.24. The summed E-state index contributed by atoms with van der Waals surface area (Å²) >= 11 is 0. The second-order valence-electron chi connectivity index (χ2n) is 4.23. The second-order valence-corrected chi connectivity index (χ2v) is 4.23. The largest absolute Gasteiger partial charge is 0.496 e. The van der Waals surface area contributed by atoms with Gasteiger partial charge in [0.15, 0.2) is 0 Å². The lowest BCUT2D eigenvalue weighted by Gasteiger charge is -2.17. The van der Waals surface area contributed by atoms with Crippen molar-refractivity contribution < 1.29 is 23.0 Å². The first-order valence-corrected chi connectivity index (χ1v) is 5.59. The molecule has 0 heterocycles. The molecular weight excluding hydrogens is 257 g/mol. The molecule has 0 spiro atoms. The van der Waals surface area contributed by atoms with E-state index in [0.717, 1.165) is 11.5 Å². The molecule has 1 N–H and O–H groups in total. The minimum Gasteiger partial charge on any atom is -0.496 e. The summed E-state index contributed by atoms with van der Waals surface area (Å²) in [6.07, 6.45) is -6.07. The molecule has 0 unspecified atom stereocenters. The second kappa shape index (κ2) is 5.54. The molecule has 0 aliphatic heterocycles. The Kier molecular flexibility index (Phi) is 4.48. The number of aliphatic hydroxyl groups is 1. The molecule has 1 atom stereocenters. The Hall–Kier alpha value is -1.67. The van der Waals surface area contributed by atoms with Crippen LogP contribution in [0.3, 0.4) is 0 Å². The van der Waals surface area contributed by atoms with Crippen LogP contribution in [0.2, 0.25) is 0 Å². The number of rotatable bonds is 2. The fourth-order valence-corrected chi connectivity index (χ4v) is 1.92. The highest BCUT2D eigenvalue weighted by Crippen LogP contribution is 2.31. The Morgan fingerprint density at radius 2 is 1.79 bits per heavy atom. The van der Waals surface area contributed by atoms with Gasteiger partial charge in [-0.05, 0) is 49.1 Å². The molecule has 0 aromatic heterocycles. The van der Waals surface area contributed by atoms with Crippen molar-refractivity contribution >= 4 is 0 Å². The third-order valence-electron chi connectivity index (χ3n) is 2.95. The lowest BCUT2D eigenvalue weighted by molar-refractivity contribution is -0.0700. The molecule has 104 valence electrons. The van der Waals surface area contributed by atoms with Crippen molar-refractivity contribution in [2.45, 2.75) is 33.1 Å². The molecule has 0 bridgehead atoms. The molecule has 1 rings (SSSR count). The maximum atomic E-state index is 12.0. The molecule has 0 saturated heterocycles. The van der Waals surface area contributed by atoms with Crippen molar-refractivity contribution in [2.75, 3.05) is 7.11 Å². The summed E-state index contributed by atoms with van der Waals surface area (Å²) in [5.74, 6) is 3.55. The summed E-state index contributed by atoms with van der Waals surface area (Å²) in [7, 11) is 1.51. The van der Waals surface area contributed by atoms with Crippen LogP contribution in [-0.2, 0) is 0 Å². The predicted octanol–water partition coefficient (Wildman–Crippen LogP) is 3.22. The predicted molar refractivity (Wildman–Crippen MR) is 66.0 cm³/mol. The van der Waals surface area contributed by atoms with Crippen LogP contribution in [-0.4, -0.2) is 18.4 Å². The summed E-state index contributed by atoms with van der Waals surface area (Å²) in [6, 6.07) is 1.68. The number of benzene rings is 1. The molecule has 1 aromatic carbocycles. The van der Waals surface area contributed by atoms with Crippen molar-refractivity contribution in [3.8, 4) is 17.6 Å². The van der Waals surface area contributed by atoms with Gasteiger partial charge in [-0.15, -0.1) is 0 Å². The molecule has 0 aliphatic rings. The fourth-order valence-electron chi connectivity index (χ4n) is 1.92. The first-order valence-electron chi connectivity index (χ1n) is 5.59. The lowest BCUT2D eigenvalue weighted by atomic mass is 9.93. The van der Waals surface area contributed by atoms with E-state index in [1.807, 2.05) is 5.92 Å². The number of ether oxygens (including phenoxy) is 1. The van der Waals surface area contributed by atoms with Crippen molar-refractivity contribution in [3.63, 3.8) is 0 Å². The highest BCUT2D eigenvalue weighted by molar-refractivity contribution is 5.50. The minimum absolute atomic E-state index is 0.398. The fraction of sp³-hybridized carbons (Fsp3) is 0.429. The van der Waals surface area contributed by atoms with Gasteiger partial charge >= 0.3 is 6.18 Å². The molecule has 19 heavy (non-hydrogen) atoms. The average molecular weight is 272 g/mol. The zero-order valence-electron chi connectivity index (χ0n) is 11.1. The van der Waals surface area contributed by atoms with E-state index < -0.39 is 12.3 Å². The number of aliphatic hydroxyl groups excluding tert-OH is 1. The first kappa shape index (κ1) is 15.4. The highest BCUT2D eigenvalue weighted by atomic mass is 19.4. The van der Waals surface area contributed by atoms with Crippen LogP contribution in [0.25, 0.3) is 0 Å². The van der Waals surface area contributed by atoms with Crippen LogP contribution >= 0.6 is 0 Å². The van der Waals surface area contributed by atoms with Crippen LogP contribution in [0.5, 0.6) is 5.75 Å². The zero-order valence-corrected chi connectivity index (χ0v) is 11.1. The van der Waals surface area contributed by atoms with Gasteiger partial charge in [-0.2, -0.15) is 13.2 Å².